The number of carbonyl (C=O) groups excluding carboxylic acids is 2. The second-order valence-corrected chi connectivity index (χ2v) is 3.87. The fourth-order valence-electron chi connectivity index (χ4n) is 1.62. The molecule has 0 saturated carbocycles. The number of aromatic nitrogens is 2. The Hall–Kier alpha value is -1.63. The number of H-pyrrole nitrogens is 1. The predicted molar refractivity (Wildman–Crippen MR) is 68.7 cm³/mol. The molecule has 0 aliphatic carbocycles. The molecule has 2 N–H and O–H groups in total. The highest BCUT2D eigenvalue weighted by molar-refractivity contribution is 5.87. The minimum Gasteiger partial charge on any atom is -0.464 e. The summed E-state index contributed by atoms with van der Waals surface area (Å²) in [6.07, 6.45) is 2.84. The number of ether oxygens (including phenoxy) is 1. The molecule has 6 nitrogen and oxygen atoms in total. The first-order valence-electron chi connectivity index (χ1n) is 5.53. The zero-order valence-corrected chi connectivity index (χ0v) is 11.6. The van der Waals surface area contributed by atoms with Crippen LogP contribution in [0, 0.1) is 0 Å². The summed E-state index contributed by atoms with van der Waals surface area (Å²) in [6, 6.07) is 0. The van der Waals surface area contributed by atoms with Crippen molar-refractivity contribution < 1.29 is 18.7 Å². The summed E-state index contributed by atoms with van der Waals surface area (Å²) in [7, 11) is 0. The number of halogens is 2. The number of nitrogens with one attached hydrogen (secondary N) is 2. The molecule has 0 saturated heterocycles. The topological polar surface area (TPSA) is 84.1 Å². The number of hydrogen-bond acceptors (Lipinski definition) is 4. The molecule has 1 heterocycles. The number of amides is 1. The van der Waals surface area contributed by atoms with Gasteiger partial charge in [0.2, 0.25) is 5.91 Å². The van der Waals surface area contributed by atoms with E-state index >= 15 is 0 Å². The Balaban J connectivity index is 0.00000324. The number of esters is 1. The van der Waals surface area contributed by atoms with E-state index in [4.69, 9.17) is 4.74 Å². The highest BCUT2D eigenvalue weighted by Gasteiger charge is 2.41. The summed E-state index contributed by atoms with van der Waals surface area (Å²) in [5, 5.41) is 2.33. The molecular weight excluding hydrogens is 277 g/mol. The molecule has 0 spiro atoms. The zero-order valence-electron chi connectivity index (χ0n) is 10.7. The molecule has 8 heteroatoms. The van der Waals surface area contributed by atoms with E-state index in [0.29, 0.717) is 5.69 Å². The van der Waals surface area contributed by atoms with Gasteiger partial charge in [0, 0.05) is 25.2 Å². The number of rotatable bonds is 6. The van der Waals surface area contributed by atoms with Gasteiger partial charge in [0.25, 0.3) is 0 Å². The monoisotopic (exact) mass is 293 g/mol. The van der Waals surface area contributed by atoms with Crippen LogP contribution < -0.4 is 5.32 Å². The first-order chi connectivity index (χ1) is 8.54. The number of aromatic amines is 1. The quantitative estimate of drug-likeness (QED) is 0.759. The number of alkyl halides is 1. The Labute approximate surface area is 116 Å². The molecule has 0 radical (unpaired) electrons. The molecule has 1 rings (SSSR count). The third-order valence-electron chi connectivity index (χ3n) is 2.36. The molecule has 0 aliphatic rings. The molecule has 1 amide bonds. The minimum atomic E-state index is -1.70. The van der Waals surface area contributed by atoms with Gasteiger partial charge in [0.15, 0.2) is 5.54 Å². The van der Waals surface area contributed by atoms with Crippen molar-refractivity contribution in [1.82, 2.24) is 15.3 Å². The number of imidazole rings is 1. The predicted octanol–water partition coefficient (Wildman–Crippen LogP) is 0.781. The van der Waals surface area contributed by atoms with E-state index in [-0.39, 0.29) is 25.4 Å². The van der Waals surface area contributed by atoms with Crippen molar-refractivity contribution in [2.75, 3.05) is 13.3 Å². The lowest BCUT2D eigenvalue weighted by Crippen LogP contribution is -2.58. The van der Waals surface area contributed by atoms with Crippen LogP contribution in [0.15, 0.2) is 12.5 Å². The van der Waals surface area contributed by atoms with Crippen molar-refractivity contribution in [1.29, 1.82) is 0 Å². The lowest BCUT2D eigenvalue weighted by molar-refractivity contribution is -0.154. The number of carbonyl (C=O) groups is 2. The number of hydrogen-bond donors (Lipinski definition) is 2. The van der Waals surface area contributed by atoms with Gasteiger partial charge in [-0.15, -0.1) is 12.4 Å². The van der Waals surface area contributed by atoms with Crippen LogP contribution in [0.3, 0.4) is 0 Å². The molecule has 0 fully saturated rings. The lowest BCUT2D eigenvalue weighted by atomic mass is 9.95. The fourth-order valence-corrected chi connectivity index (χ4v) is 1.62. The third-order valence-corrected chi connectivity index (χ3v) is 2.36. The van der Waals surface area contributed by atoms with Crippen LogP contribution in [-0.4, -0.2) is 40.7 Å². The maximum Gasteiger partial charge on any atom is 0.335 e. The van der Waals surface area contributed by atoms with Gasteiger partial charge >= 0.3 is 5.97 Å². The highest BCUT2D eigenvalue weighted by Crippen LogP contribution is 2.15. The molecule has 0 bridgehead atoms. The first-order valence-corrected chi connectivity index (χ1v) is 5.53. The van der Waals surface area contributed by atoms with Crippen molar-refractivity contribution in [2.45, 2.75) is 25.8 Å². The van der Waals surface area contributed by atoms with Crippen LogP contribution in [0.1, 0.15) is 19.5 Å². The third kappa shape index (κ3) is 4.51. The summed E-state index contributed by atoms with van der Waals surface area (Å²) < 4.78 is 18.1. The zero-order chi connectivity index (χ0) is 13.6. The molecule has 0 aromatic carbocycles. The molecule has 1 aromatic rings. The van der Waals surface area contributed by atoms with Crippen molar-refractivity contribution in [3.63, 3.8) is 0 Å². The van der Waals surface area contributed by atoms with E-state index in [1.54, 1.807) is 6.92 Å². The van der Waals surface area contributed by atoms with Crippen molar-refractivity contribution in [3.8, 4) is 0 Å². The summed E-state index contributed by atoms with van der Waals surface area (Å²) >= 11 is 0. The van der Waals surface area contributed by atoms with Crippen molar-refractivity contribution in [2.24, 2.45) is 0 Å². The molecule has 19 heavy (non-hydrogen) atoms. The molecule has 1 atom stereocenters. The van der Waals surface area contributed by atoms with Gasteiger partial charge in [-0.05, 0) is 6.92 Å². The van der Waals surface area contributed by atoms with Crippen molar-refractivity contribution >= 4 is 24.3 Å². The Bertz CT molecular complexity index is 413. The van der Waals surface area contributed by atoms with Crippen LogP contribution in [0.4, 0.5) is 4.39 Å². The summed E-state index contributed by atoms with van der Waals surface area (Å²) in [5.74, 6) is -1.29. The summed E-state index contributed by atoms with van der Waals surface area (Å²) in [5.41, 5.74) is -1.16. The SMILES string of the molecule is CCOC(=O)C(CF)(Cc1cnc[nH]1)NC(C)=O.Cl. The normalized spacial score (nSPS) is 13.0. The van der Waals surface area contributed by atoms with E-state index in [1.165, 1.54) is 19.4 Å². The van der Waals surface area contributed by atoms with E-state index < -0.39 is 24.1 Å². The molecule has 0 aliphatic heterocycles. The Kier molecular flexibility index (Phi) is 7.06. The van der Waals surface area contributed by atoms with E-state index in [1.807, 2.05) is 0 Å². The maximum atomic E-state index is 13.3. The minimum absolute atomic E-state index is 0. The van der Waals surface area contributed by atoms with E-state index in [0.717, 1.165) is 0 Å². The summed E-state index contributed by atoms with van der Waals surface area (Å²) in [4.78, 5) is 29.5. The Morgan fingerprint density at radius 2 is 2.26 bits per heavy atom. The number of nitrogens with zero attached hydrogens (tertiary/aromatic N) is 1. The first kappa shape index (κ1) is 17.4. The largest absolute Gasteiger partial charge is 0.464 e. The van der Waals surface area contributed by atoms with E-state index in [9.17, 15) is 14.0 Å². The van der Waals surface area contributed by atoms with Gasteiger partial charge < -0.3 is 15.0 Å². The maximum absolute atomic E-state index is 13.3. The fraction of sp³-hybridized carbons (Fsp3) is 0.545. The molecule has 1 unspecified atom stereocenters. The van der Waals surface area contributed by atoms with Crippen LogP contribution in [0.2, 0.25) is 0 Å². The van der Waals surface area contributed by atoms with Gasteiger partial charge in [-0.1, -0.05) is 0 Å². The molecule has 108 valence electrons. The molecular formula is C11H17ClFN3O3. The highest BCUT2D eigenvalue weighted by atomic mass is 35.5. The smallest absolute Gasteiger partial charge is 0.335 e. The second kappa shape index (κ2) is 7.73. The van der Waals surface area contributed by atoms with Crippen LogP contribution in [-0.2, 0) is 20.7 Å². The van der Waals surface area contributed by atoms with E-state index in [2.05, 4.69) is 15.3 Å². The average molecular weight is 294 g/mol. The lowest BCUT2D eigenvalue weighted by Gasteiger charge is -2.28. The van der Waals surface area contributed by atoms with Crippen molar-refractivity contribution in [3.05, 3.63) is 18.2 Å². The van der Waals surface area contributed by atoms with Gasteiger partial charge in [-0.3, -0.25) is 4.79 Å². The van der Waals surface area contributed by atoms with Crippen LogP contribution in [0.25, 0.3) is 0 Å². The molecule has 1 aromatic heterocycles. The van der Waals surface area contributed by atoms with Gasteiger partial charge in [-0.2, -0.15) is 0 Å². The van der Waals surface area contributed by atoms with Crippen LogP contribution >= 0.6 is 12.4 Å². The Morgan fingerprint density at radius 3 is 2.68 bits per heavy atom. The van der Waals surface area contributed by atoms with Gasteiger partial charge in [0.05, 0.1) is 12.9 Å². The van der Waals surface area contributed by atoms with Crippen LogP contribution in [0.5, 0.6) is 0 Å². The van der Waals surface area contributed by atoms with Gasteiger partial charge in [0.1, 0.15) is 6.67 Å². The second-order valence-electron chi connectivity index (χ2n) is 3.87. The summed E-state index contributed by atoms with van der Waals surface area (Å²) in [6.45, 7) is 1.90. The Morgan fingerprint density at radius 1 is 1.58 bits per heavy atom. The standard InChI is InChI=1S/C11H16FN3O3.ClH/c1-3-18-10(17)11(6-12,15-8(2)16)4-9-5-13-7-14-9;/h5,7H,3-4,6H2,1-2H3,(H,13,14)(H,15,16);1H. The average Bonchev–Trinajstić information content (AvgIpc) is 2.80. The van der Waals surface area contributed by atoms with Gasteiger partial charge in [-0.25, -0.2) is 14.2 Å².